The van der Waals surface area contributed by atoms with Gasteiger partial charge in [-0.25, -0.2) is 4.79 Å². The molecule has 1 fully saturated rings. The van der Waals surface area contributed by atoms with Crippen LogP contribution in [0.25, 0.3) is 11.4 Å². The van der Waals surface area contributed by atoms with Gasteiger partial charge >= 0.3 is 6.03 Å². The van der Waals surface area contributed by atoms with Crippen LogP contribution >= 0.6 is 0 Å². The smallest absolute Gasteiger partial charge is 0.318 e. The Kier molecular flexibility index (Phi) is 5.20. The first kappa shape index (κ1) is 17.9. The van der Waals surface area contributed by atoms with Gasteiger partial charge in [-0.05, 0) is 13.8 Å². The molecule has 2 heterocycles. The van der Waals surface area contributed by atoms with E-state index in [2.05, 4.69) is 15.5 Å². The Morgan fingerprint density at radius 2 is 1.73 bits per heavy atom. The maximum absolute atomic E-state index is 12.4. The lowest BCUT2D eigenvalue weighted by Gasteiger charge is -2.34. The second kappa shape index (κ2) is 7.55. The molecule has 0 bridgehead atoms. The molecular formula is C18H23N5O3. The number of hydrogen-bond donors (Lipinski definition) is 1. The van der Waals surface area contributed by atoms with Crippen molar-refractivity contribution in [2.24, 2.45) is 0 Å². The summed E-state index contributed by atoms with van der Waals surface area (Å²) in [5.74, 6) is 0.889. The molecule has 3 rings (SSSR count). The molecule has 8 nitrogen and oxygen atoms in total. The fourth-order valence-electron chi connectivity index (χ4n) is 2.79. The van der Waals surface area contributed by atoms with Gasteiger partial charge in [0.1, 0.15) is 6.04 Å². The summed E-state index contributed by atoms with van der Waals surface area (Å²) in [6.07, 6.45) is 0. The van der Waals surface area contributed by atoms with Crippen LogP contribution in [0.3, 0.4) is 0 Å². The molecule has 26 heavy (non-hydrogen) atoms. The molecule has 0 radical (unpaired) electrons. The fraction of sp³-hybridized carbons (Fsp3) is 0.444. The number of carbonyl (C=O) groups is 2. The lowest BCUT2D eigenvalue weighted by molar-refractivity contribution is -0.130. The predicted octanol–water partition coefficient (Wildman–Crippen LogP) is 1.98. The number of amides is 3. The maximum atomic E-state index is 12.4. The minimum atomic E-state index is -0.403. The van der Waals surface area contributed by atoms with Crippen molar-refractivity contribution >= 4 is 11.9 Å². The second-order valence-corrected chi connectivity index (χ2v) is 6.49. The molecular weight excluding hydrogens is 334 g/mol. The van der Waals surface area contributed by atoms with Crippen molar-refractivity contribution in [3.8, 4) is 11.4 Å². The van der Waals surface area contributed by atoms with Crippen molar-refractivity contribution < 1.29 is 14.1 Å². The molecule has 0 unspecified atom stereocenters. The lowest BCUT2D eigenvalue weighted by atomic mass is 10.1. The highest BCUT2D eigenvalue weighted by Crippen LogP contribution is 2.19. The zero-order valence-corrected chi connectivity index (χ0v) is 15.2. The molecule has 3 amide bonds. The molecule has 1 saturated heterocycles. The number of carbonyl (C=O) groups excluding carboxylic acids is 2. The Morgan fingerprint density at radius 3 is 2.35 bits per heavy atom. The molecule has 1 aromatic heterocycles. The molecule has 2 aromatic rings. The van der Waals surface area contributed by atoms with E-state index >= 15 is 0 Å². The van der Waals surface area contributed by atoms with Gasteiger partial charge in [-0.2, -0.15) is 4.98 Å². The third kappa shape index (κ3) is 4.01. The third-order valence-corrected chi connectivity index (χ3v) is 4.47. The molecule has 0 saturated carbocycles. The summed E-state index contributed by atoms with van der Waals surface area (Å²) in [4.78, 5) is 31.6. The normalized spacial score (nSPS) is 15.7. The number of hydrogen-bond acceptors (Lipinski definition) is 5. The Hall–Kier alpha value is -2.90. The number of nitrogens with zero attached hydrogens (tertiary/aromatic N) is 4. The predicted molar refractivity (Wildman–Crippen MR) is 95.2 cm³/mol. The van der Waals surface area contributed by atoms with Crippen molar-refractivity contribution in [1.82, 2.24) is 25.3 Å². The molecule has 138 valence electrons. The SMILES string of the molecule is CC(=O)N1CCN(C(=O)N[C@H](C)c2nc(-c3ccc(C)cc3)no2)CC1. The Labute approximate surface area is 152 Å². The standard InChI is InChI=1S/C18H23N5O3/c1-12-4-6-15(7-5-12)16-20-17(26-21-16)13(2)19-18(25)23-10-8-22(9-11-23)14(3)24/h4-7,13H,8-11H2,1-3H3,(H,19,25)/t13-/m1/s1. The van der Waals surface area contributed by atoms with Gasteiger partial charge in [-0.3, -0.25) is 4.79 Å². The highest BCUT2D eigenvalue weighted by atomic mass is 16.5. The van der Waals surface area contributed by atoms with Crippen LogP contribution in [0.2, 0.25) is 0 Å². The van der Waals surface area contributed by atoms with E-state index in [0.717, 1.165) is 11.1 Å². The van der Waals surface area contributed by atoms with E-state index in [1.54, 1.807) is 23.6 Å². The van der Waals surface area contributed by atoms with Gasteiger partial charge in [0, 0.05) is 38.7 Å². The monoisotopic (exact) mass is 357 g/mol. The molecule has 1 aliphatic rings. The second-order valence-electron chi connectivity index (χ2n) is 6.49. The van der Waals surface area contributed by atoms with Crippen LogP contribution in [0, 0.1) is 6.92 Å². The van der Waals surface area contributed by atoms with Crippen molar-refractivity contribution in [3.05, 3.63) is 35.7 Å². The van der Waals surface area contributed by atoms with Gasteiger partial charge in [-0.15, -0.1) is 0 Å². The first-order chi connectivity index (χ1) is 12.4. The van der Waals surface area contributed by atoms with Crippen LogP contribution in [0.1, 0.15) is 31.3 Å². The van der Waals surface area contributed by atoms with Crippen molar-refractivity contribution in [2.75, 3.05) is 26.2 Å². The minimum Gasteiger partial charge on any atom is -0.339 e. The van der Waals surface area contributed by atoms with E-state index in [1.165, 1.54) is 0 Å². The van der Waals surface area contributed by atoms with E-state index in [0.29, 0.717) is 37.9 Å². The molecule has 0 aliphatic carbocycles. The van der Waals surface area contributed by atoms with Gasteiger partial charge < -0.3 is 19.6 Å². The average Bonchev–Trinajstić information content (AvgIpc) is 3.12. The maximum Gasteiger partial charge on any atom is 0.318 e. The van der Waals surface area contributed by atoms with Crippen molar-refractivity contribution in [1.29, 1.82) is 0 Å². The van der Waals surface area contributed by atoms with Gasteiger partial charge in [-0.1, -0.05) is 35.0 Å². The first-order valence-electron chi connectivity index (χ1n) is 8.65. The molecule has 1 aromatic carbocycles. The van der Waals surface area contributed by atoms with Crippen molar-refractivity contribution in [2.45, 2.75) is 26.8 Å². The number of aryl methyl sites for hydroxylation is 1. The largest absolute Gasteiger partial charge is 0.339 e. The number of piperazine rings is 1. The summed E-state index contributed by atoms with van der Waals surface area (Å²) in [5, 5.41) is 6.86. The van der Waals surface area contributed by atoms with Crippen LogP contribution in [-0.2, 0) is 4.79 Å². The molecule has 1 atom stereocenters. The van der Waals surface area contributed by atoms with Gasteiger partial charge in [0.15, 0.2) is 0 Å². The lowest BCUT2D eigenvalue weighted by Crippen LogP contribution is -2.53. The zero-order valence-electron chi connectivity index (χ0n) is 15.2. The van der Waals surface area contributed by atoms with Crippen molar-refractivity contribution in [3.63, 3.8) is 0 Å². The Bertz CT molecular complexity index is 778. The summed E-state index contributed by atoms with van der Waals surface area (Å²) in [7, 11) is 0. The van der Waals surface area contributed by atoms with Crippen LogP contribution in [-0.4, -0.2) is 58.1 Å². The van der Waals surface area contributed by atoms with Crippen LogP contribution in [0.15, 0.2) is 28.8 Å². The van der Waals surface area contributed by atoms with Crippen LogP contribution < -0.4 is 5.32 Å². The quantitative estimate of drug-likeness (QED) is 0.907. The summed E-state index contributed by atoms with van der Waals surface area (Å²) in [6, 6.07) is 7.23. The van der Waals surface area contributed by atoms with Crippen LogP contribution in [0.4, 0.5) is 4.79 Å². The molecule has 1 N–H and O–H groups in total. The van der Waals surface area contributed by atoms with E-state index < -0.39 is 6.04 Å². The number of benzene rings is 1. The summed E-state index contributed by atoms with van der Waals surface area (Å²) >= 11 is 0. The van der Waals surface area contributed by atoms with Gasteiger partial charge in [0.25, 0.3) is 0 Å². The Morgan fingerprint density at radius 1 is 1.12 bits per heavy atom. The summed E-state index contributed by atoms with van der Waals surface area (Å²) < 4.78 is 5.30. The van der Waals surface area contributed by atoms with E-state index in [-0.39, 0.29) is 11.9 Å². The minimum absolute atomic E-state index is 0.0351. The number of aromatic nitrogens is 2. The highest BCUT2D eigenvalue weighted by Gasteiger charge is 2.25. The third-order valence-electron chi connectivity index (χ3n) is 4.47. The number of urea groups is 1. The van der Waals surface area contributed by atoms with E-state index in [9.17, 15) is 9.59 Å². The average molecular weight is 357 g/mol. The van der Waals surface area contributed by atoms with Crippen LogP contribution in [0.5, 0.6) is 0 Å². The summed E-state index contributed by atoms with van der Waals surface area (Å²) in [6.45, 7) is 7.48. The molecule has 0 spiro atoms. The number of nitrogens with one attached hydrogen (secondary N) is 1. The summed E-state index contributed by atoms with van der Waals surface area (Å²) in [5.41, 5.74) is 2.02. The van der Waals surface area contributed by atoms with Gasteiger partial charge in [0.2, 0.25) is 17.6 Å². The molecule has 1 aliphatic heterocycles. The highest BCUT2D eigenvalue weighted by molar-refractivity contribution is 5.76. The Balaban J connectivity index is 1.58. The topological polar surface area (TPSA) is 91.6 Å². The van der Waals surface area contributed by atoms with E-state index in [1.807, 2.05) is 31.2 Å². The first-order valence-corrected chi connectivity index (χ1v) is 8.65. The molecule has 8 heteroatoms. The van der Waals surface area contributed by atoms with Gasteiger partial charge in [0.05, 0.1) is 0 Å². The van der Waals surface area contributed by atoms with E-state index in [4.69, 9.17) is 4.52 Å². The number of rotatable bonds is 3. The fourth-order valence-corrected chi connectivity index (χ4v) is 2.79. The zero-order chi connectivity index (χ0) is 18.7.